The summed E-state index contributed by atoms with van der Waals surface area (Å²) in [5, 5.41) is 6.54. The van der Waals surface area contributed by atoms with E-state index in [1.807, 2.05) is 20.0 Å². The van der Waals surface area contributed by atoms with Crippen LogP contribution in [0.3, 0.4) is 0 Å². The Labute approximate surface area is 96.9 Å². The van der Waals surface area contributed by atoms with E-state index in [9.17, 15) is 0 Å². The lowest BCUT2D eigenvalue weighted by molar-refractivity contribution is 0.783. The second-order valence-electron chi connectivity index (χ2n) is 4.61. The van der Waals surface area contributed by atoms with E-state index in [0.29, 0.717) is 5.95 Å². The van der Waals surface area contributed by atoms with Gasteiger partial charge in [-0.1, -0.05) is 6.92 Å². The quantitative estimate of drug-likeness (QED) is 0.799. The van der Waals surface area contributed by atoms with Gasteiger partial charge in [0.2, 0.25) is 5.95 Å². The third-order valence-electron chi connectivity index (χ3n) is 3.11. The molecule has 1 aromatic rings. The summed E-state index contributed by atoms with van der Waals surface area (Å²) in [6, 6.07) is 0. The molecule has 16 heavy (non-hydrogen) atoms. The summed E-state index contributed by atoms with van der Waals surface area (Å²) < 4.78 is 0. The zero-order valence-electron chi connectivity index (χ0n) is 10.2. The molecule has 2 rings (SSSR count). The Balaban J connectivity index is 1.97. The van der Waals surface area contributed by atoms with Gasteiger partial charge in [0.15, 0.2) is 0 Å². The molecule has 4 heteroatoms. The van der Waals surface area contributed by atoms with Crippen LogP contribution in [0.25, 0.3) is 0 Å². The molecule has 1 aromatic heterocycles. The Hall–Kier alpha value is -1.32. The smallest absolute Gasteiger partial charge is 0.224 e. The first-order chi connectivity index (χ1) is 7.70. The predicted octanol–water partition coefficient (Wildman–Crippen LogP) is 2.28. The molecule has 1 heterocycles. The van der Waals surface area contributed by atoms with Crippen LogP contribution in [-0.4, -0.2) is 23.1 Å². The van der Waals surface area contributed by atoms with E-state index in [0.717, 1.165) is 36.3 Å². The number of hydrogen-bond donors (Lipinski definition) is 2. The summed E-state index contributed by atoms with van der Waals surface area (Å²) in [5.41, 5.74) is 1.11. The van der Waals surface area contributed by atoms with Crippen LogP contribution in [0.4, 0.5) is 11.8 Å². The van der Waals surface area contributed by atoms with E-state index < -0.39 is 0 Å². The zero-order chi connectivity index (χ0) is 11.5. The van der Waals surface area contributed by atoms with Crippen LogP contribution in [0.15, 0.2) is 6.20 Å². The van der Waals surface area contributed by atoms with Gasteiger partial charge in [-0.3, -0.25) is 0 Å². The normalized spacial score (nSPS) is 22.9. The number of nitrogens with one attached hydrogen (secondary N) is 2. The number of aryl methyl sites for hydroxylation is 1. The van der Waals surface area contributed by atoms with Crippen molar-refractivity contribution in [1.29, 1.82) is 0 Å². The minimum atomic E-state index is 0.708. The molecule has 2 atom stereocenters. The van der Waals surface area contributed by atoms with Crippen molar-refractivity contribution in [3.8, 4) is 0 Å². The van der Waals surface area contributed by atoms with Crippen molar-refractivity contribution >= 4 is 11.8 Å². The summed E-state index contributed by atoms with van der Waals surface area (Å²) in [5.74, 6) is 3.38. The predicted molar refractivity (Wildman–Crippen MR) is 66.7 cm³/mol. The number of hydrogen-bond acceptors (Lipinski definition) is 4. The Morgan fingerprint density at radius 2 is 2.19 bits per heavy atom. The lowest BCUT2D eigenvalue weighted by Crippen LogP contribution is -2.10. The first-order valence-electron chi connectivity index (χ1n) is 6.02. The maximum atomic E-state index is 4.45. The highest BCUT2D eigenvalue weighted by atomic mass is 15.1. The zero-order valence-corrected chi connectivity index (χ0v) is 10.2. The highest BCUT2D eigenvalue weighted by molar-refractivity contribution is 5.46. The van der Waals surface area contributed by atoms with Gasteiger partial charge in [0, 0.05) is 24.8 Å². The van der Waals surface area contributed by atoms with E-state index in [2.05, 4.69) is 27.5 Å². The van der Waals surface area contributed by atoms with Crippen molar-refractivity contribution < 1.29 is 0 Å². The SMILES string of the molecule is CCNc1ncc(C)c(NCC2CC2C)n1. The van der Waals surface area contributed by atoms with Gasteiger partial charge in [-0.05, 0) is 32.1 Å². The van der Waals surface area contributed by atoms with Crippen LogP contribution in [0.2, 0.25) is 0 Å². The molecule has 0 spiro atoms. The van der Waals surface area contributed by atoms with Gasteiger partial charge in [-0.25, -0.2) is 4.98 Å². The maximum Gasteiger partial charge on any atom is 0.224 e. The number of nitrogens with zero attached hydrogens (tertiary/aromatic N) is 2. The fourth-order valence-electron chi connectivity index (χ4n) is 1.78. The maximum absolute atomic E-state index is 4.45. The molecule has 0 radical (unpaired) electrons. The van der Waals surface area contributed by atoms with Gasteiger partial charge in [0.1, 0.15) is 5.82 Å². The molecule has 4 nitrogen and oxygen atoms in total. The lowest BCUT2D eigenvalue weighted by atomic mass is 10.3. The highest BCUT2D eigenvalue weighted by Gasteiger charge is 2.32. The standard InChI is InChI=1S/C12H20N4/c1-4-13-12-15-6-9(3)11(16-12)14-7-10-5-8(10)2/h6,8,10H,4-5,7H2,1-3H3,(H2,13,14,15,16). The third kappa shape index (κ3) is 2.62. The van der Waals surface area contributed by atoms with Gasteiger partial charge in [-0.15, -0.1) is 0 Å². The summed E-state index contributed by atoms with van der Waals surface area (Å²) in [7, 11) is 0. The van der Waals surface area contributed by atoms with Crippen molar-refractivity contribution in [2.75, 3.05) is 23.7 Å². The summed E-state index contributed by atoms with van der Waals surface area (Å²) in [6.45, 7) is 8.26. The highest BCUT2D eigenvalue weighted by Crippen LogP contribution is 2.37. The monoisotopic (exact) mass is 220 g/mol. The van der Waals surface area contributed by atoms with Crippen molar-refractivity contribution in [1.82, 2.24) is 9.97 Å². The summed E-state index contributed by atoms with van der Waals surface area (Å²) in [6.07, 6.45) is 3.21. The van der Waals surface area contributed by atoms with Gasteiger partial charge < -0.3 is 10.6 Å². The van der Waals surface area contributed by atoms with E-state index in [1.165, 1.54) is 6.42 Å². The second kappa shape index (κ2) is 4.68. The average Bonchev–Trinajstić information content (AvgIpc) is 2.96. The molecule has 88 valence electrons. The van der Waals surface area contributed by atoms with Gasteiger partial charge in [-0.2, -0.15) is 4.98 Å². The first kappa shape index (κ1) is 11.2. The van der Waals surface area contributed by atoms with E-state index in [-0.39, 0.29) is 0 Å². The van der Waals surface area contributed by atoms with Crippen LogP contribution in [0.1, 0.15) is 25.8 Å². The molecule has 0 bridgehead atoms. The van der Waals surface area contributed by atoms with Crippen molar-refractivity contribution in [3.63, 3.8) is 0 Å². The molecule has 0 aliphatic heterocycles. The van der Waals surface area contributed by atoms with Gasteiger partial charge in [0.25, 0.3) is 0 Å². The minimum absolute atomic E-state index is 0.708. The molecule has 0 saturated heterocycles. The molecule has 1 saturated carbocycles. The number of anilines is 2. The van der Waals surface area contributed by atoms with Crippen molar-refractivity contribution in [3.05, 3.63) is 11.8 Å². The van der Waals surface area contributed by atoms with E-state index in [4.69, 9.17) is 0 Å². The van der Waals surface area contributed by atoms with Crippen molar-refractivity contribution in [2.45, 2.75) is 27.2 Å². The van der Waals surface area contributed by atoms with Crippen LogP contribution in [-0.2, 0) is 0 Å². The molecule has 1 aliphatic rings. The van der Waals surface area contributed by atoms with E-state index in [1.54, 1.807) is 0 Å². The molecule has 1 aliphatic carbocycles. The Kier molecular flexibility index (Phi) is 3.27. The molecule has 2 unspecified atom stereocenters. The first-order valence-corrected chi connectivity index (χ1v) is 6.02. The largest absolute Gasteiger partial charge is 0.369 e. The fraction of sp³-hybridized carbons (Fsp3) is 0.667. The molecule has 0 aromatic carbocycles. The van der Waals surface area contributed by atoms with Gasteiger partial charge >= 0.3 is 0 Å². The third-order valence-corrected chi connectivity index (χ3v) is 3.11. The summed E-state index contributed by atoms with van der Waals surface area (Å²) in [4.78, 5) is 8.68. The minimum Gasteiger partial charge on any atom is -0.369 e. The summed E-state index contributed by atoms with van der Waals surface area (Å²) >= 11 is 0. The number of aromatic nitrogens is 2. The number of rotatable bonds is 5. The molecular weight excluding hydrogens is 200 g/mol. The molecular formula is C12H20N4. The Morgan fingerprint density at radius 3 is 2.81 bits per heavy atom. The second-order valence-corrected chi connectivity index (χ2v) is 4.61. The van der Waals surface area contributed by atoms with Crippen LogP contribution in [0.5, 0.6) is 0 Å². The van der Waals surface area contributed by atoms with Crippen LogP contribution in [0, 0.1) is 18.8 Å². The van der Waals surface area contributed by atoms with Crippen LogP contribution >= 0.6 is 0 Å². The van der Waals surface area contributed by atoms with Crippen molar-refractivity contribution in [2.24, 2.45) is 11.8 Å². The average molecular weight is 220 g/mol. The fourth-order valence-corrected chi connectivity index (χ4v) is 1.78. The molecule has 2 N–H and O–H groups in total. The topological polar surface area (TPSA) is 49.8 Å². The van der Waals surface area contributed by atoms with Crippen LogP contribution < -0.4 is 10.6 Å². The Bertz CT molecular complexity index is 364. The Morgan fingerprint density at radius 1 is 1.44 bits per heavy atom. The van der Waals surface area contributed by atoms with E-state index >= 15 is 0 Å². The van der Waals surface area contributed by atoms with Gasteiger partial charge in [0.05, 0.1) is 0 Å². The molecule has 0 amide bonds. The lowest BCUT2D eigenvalue weighted by Gasteiger charge is -2.09. The molecule has 1 fully saturated rings.